The van der Waals surface area contributed by atoms with E-state index in [2.05, 4.69) is 37.2 Å². The van der Waals surface area contributed by atoms with Gasteiger partial charge in [0.2, 0.25) is 10.0 Å². The van der Waals surface area contributed by atoms with E-state index in [0.717, 1.165) is 4.31 Å². The van der Waals surface area contributed by atoms with Crippen LogP contribution in [0.15, 0.2) is 50.2 Å². The van der Waals surface area contributed by atoms with E-state index in [9.17, 15) is 23.3 Å². The lowest BCUT2D eigenvalue weighted by Gasteiger charge is -2.13. The molecule has 144 valence electrons. The Morgan fingerprint density at radius 1 is 1.19 bits per heavy atom. The quantitative estimate of drug-likeness (QED) is 0.339. The van der Waals surface area contributed by atoms with Crippen LogP contribution in [0.25, 0.3) is 0 Å². The summed E-state index contributed by atoms with van der Waals surface area (Å²) in [6.45, 7) is -0.125. The third-order valence-electron chi connectivity index (χ3n) is 3.60. The Balaban J connectivity index is 2.21. The SMILES string of the molecule is CN(C)S(=O)(=O)c1cccc(C(=O)CNc2c(Br)cc([N+](=O)[O-])cc2Br)c1. The highest BCUT2D eigenvalue weighted by Crippen LogP contribution is 2.35. The number of carbonyl (C=O) groups excluding carboxylic acids is 1. The van der Waals surface area contributed by atoms with E-state index in [4.69, 9.17) is 0 Å². The number of sulfonamides is 1. The van der Waals surface area contributed by atoms with E-state index in [1.165, 1.54) is 50.5 Å². The van der Waals surface area contributed by atoms with Gasteiger partial charge >= 0.3 is 0 Å². The van der Waals surface area contributed by atoms with Gasteiger partial charge in [-0.3, -0.25) is 14.9 Å². The minimum Gasteiger partial charge on any atom is -0.376 e. The van der Waals surface area contributed by atoms with E-state index < -0.39 is 14.9 Å². The third-order valence-corrected chi connectivity index (χ3v) is 6.66. The van der Waals surface area contributed by atoms with Gasteiger partial charge < -0.3 is 5.32 Å². The molecular formula is C16H15Br2N3O5S. The standard InChI is InChI=1S/C16H15Br2N3O5S/c1-20(2)27(25,26)12-5-3-4-10(6-12)15(22)9-19-16-13(17)7-11(21(23)24)8-14(16)18/h3-8,19H,9H2,1-2H3. The van der Waals surface area contributed by atoms with Crippen LogP contribution >= 0.6 is 31.9 Å². The van der Waals surface area contributed by atoms with Crippen LogP contribution in [0.1, 0.15) is 10.4 Å². The summed E-state index contributed by atoms with van der Waals surface area (Å²) in [4.78, 5) is 22.8. The Hall–Kier alpha value is -1.82. The molecule has 0 fully saturated rings. The topological polar surface area (TPSA) is 110 Å². The summed E-state index contributed by atoms with van der Waals surface area (Å²) < 4.78 is 26.3. The molecule has 0 heterocycles. The first-order chi connectivity index (χ1) is 12.5. The maximum atomic E-state index is 12.5. The van der Waals surface area contributed by atoms with Gasteiger partial charge in [-0.05, 0) is 44.0 Å². The predicted octanol–water partition coefficient (Wildman–Crippen LogP) is 3.66. The van der Waals surface area contributed by atoms with Crippen molar-refractivity contribution in [3.63, 3.8) is 0 Å². The Morgan fingerprint density at radius 2 is 1.78 bits per heavy atom. The van der Waals surface area contributed by atoms with Crippen molar-refractivity contribution in [2.45, 2.75) is 4.90 Å². The number of carbonyl (C=O) groups is 1. The minimum atomic E-state index is -3.64. The van der Waals surface area contributed by atoms with Gasteiger partial charge in [-0.25, -0.2) is 12.7 Å². The molecule has 0 aliphatic rings. The molecule has 27 heavy (non-hydrogen) atoms. The molecule has 0 amide bonds. The van der Waals surface area contributed by atoms with Crippen molar-refractivity contribution in [1.29, 1.82) is 0 Å². The smallest absolute Gasteiger partial charge is 0.271 e. The molecule has 2 aromatic carbocycles. The van der Waals surface area contributed by atoms with Crippen LogP contribution in [-0.2, 0) is 10.0 Å². The highest BCUT2D eigenvalue weighted by atomic mass is 79.9. The van der Waals surface area contributed by atoms with Gasteiger partial charge in [-0.1, -0.05) is 12.1 Å². The van der Waals surface area contributed by atoms with E-state index >= 15 is 0 Å². The highest BCUT2D eigenvalue weighted by Gasteiger charge is 2.19. The first kappa shape index (κ1) is 21.5. The van der Waals surface area contributed by atoms with Crippen molar-refractivity contribution in [1.82, 2.24) is 4.31 Å². The summed E-state index contributed by atoms with van der Waals surface area (Å²) in [5.74, 6) is -0.331. The maximum Gasteiger partial charge on any atom is 0.271 e. The molecule has 2 aromatic rings. The average molecular weight is 521 g/mol. The number of hydrogen-bond acceptors (Lipinski definition) is 6. The zero-order chi connectivity index (χ0) is 20.4. The fourth-order valence-corrected chi connectivity index (χ4v) is 4.54. The van der Waals surface area contributed by atoms with Gasteiger partial charge in [0.25, 0.3) is 5.69 Å². The van der Waals surface area contributed by atoms with Gasteiger partial charge in [0.1, 0.15) is 0 Å². The van der Waals surface area contributed by atoms with Gasteiger partial charge in [0.05, 0.1) is 22.1 Å². The molecule has 1 N–H and O–H groups in total. The number of nitro benzene ring substituents is 1. The Morgan fingerprint density at radius 3 is 2.30 bits per heavy atom. The monoisotopic (exact) mass is 519 g/mol. The second-order valence-corrected chi connectivity index (χ2v) is 9.49. The summed E-state index contributed by atoms with van der Waals surface area (Å²) in [7, 11) is -0.821. The van der Waals surface area contributed by atoms with Crippen molar-refractivity contribution >= 4 is 59.0 Å². The number of ketones is 1. The van der Waals surface area contributed by atoms with Crippen molar-refractivity contribution in [3.8, 4) is 0 Å². The predicted molar refractivity (Wildman–Crippen MR) is 109 cm³/mol. The zero-order valence-corrected chi connectivity index (χ0v) is 18.3. The molecule has 0 radical (unpaired) electrons. The van der Waals surface area contributed by atoms with Crippen LogP contribution in [0.5, 0.6) is 0 Å². The van der Waals surface area contributed by atoms with Crippen molar-refractivity contribution in [2.75, 3.05) is 26.0 Å². The molecule has 0 spiro atoms. The number of benzene rings is 2. The fraction of sp³-hybridized carbons (Fsp3) is 0.188. The summed E-state index contributed by atoms with van der Waals surface area (Å²) >= 11 is 6.47. The normalized spacial score (nSPS) is 11.4. The Labute approximate surface area is 173 Å². The molecule has 0 saturated carbocycles. The van der Waals surface area contributed by atoms with Crippen LogP contribution in [0.4, 0.5) is 11.4 Å². The number of nitrogens with one attached hydrogen (secondary N) is 1. The average Bonchev–Trinajstić information content (AvgIpc) is 2.60. The van der Waals surface area contributed by atoms with Crippen LogP contribution in [0, 0.1) is 10.1 Å². The molecule has 11 heteroatoms. The second-order valence-electron chi connectivity index (χ2n) is 5.63. The van der Waals surface area contributed by atoms with Gasteiger partial charge in [-0.2, -0.15) is 0 Å². The number of nitrogens with zero attached hydrogens (tertiary/aromatic N) is 2. The molecule has 0 unspecified atom stereocenters. The van der Waals surface area contributed by atoms with E-state index in [1.807, 2.05) is 0 Å². The fourth-order valence-electron chi connectivity index (χ4n) is 2.15. The van der Waals surface area contributed by atoms with Crippen molar-refractivity contribution < 1.29 is 18.1 Å². The molecule has 0 saturated heterocycles. The highest BCUT2D eigenvalue weighted by molar-refractivity contribution is 9.11. The Kier molecular flexibility index (Phi) is 6.73. The van der Waals surface area contributed by atoms with E-state index in [1.54, 1.807) is 0 Å². The maximum absolute atomic E-state index is 12.5. The number of Topliss-reactive ketones (excluding diaryl/α,β-unsaturated/α-hetero) is 1. The number of nitro groups is 1. The number of rotatable bonds is 7. The van der Waals surface area contributed by atoms with E-state index in [-0.39, 0.29) is 28.5 Å². The molecule has 2 rings (SSSR count). The van der Waals surface area contributed by atoms with Crippen molar-refractivity contribution in [3.05, 3.63) is 61.0 Å². The molecule has 0 bridgehead atoms. The van der Waals surface area contributed by atoms with Crippen LogP contribution < -0.4 is 5.32 Å². The lowest BCUT2D eigenvalue weighted by molar-refractivity contribution is -0.385. The molecule has 0 aromatic heterocycles. The minimum absolute atomic E-state index is 0.0241. The summed E-state index contributed by atoms with van der Waals surface area (Å²) in [6, 6.07) is 8.41. The van der Waals surface area contributed by atoms with Gasteiger partial charge in [-0.15, -0.1) is 0 Å². The number of hydrogen-bond donors (Lipinski definition) is 1. The zero-order valence-electron chi connectivity index (χ0n) is 14.3. The Bertz CT molecular complexity index is 986. The van der Waals surface area contributed by atoms with Crippen molar-refractivity contribution in [2.24, 2.45) is 0 Å². The van der Waals surface area contributed by atoms with E-state index in [0.29, 0.717) is 14.6 Å². The summed E-state index contributed by atoms with van der Waals surface area (Å²) in [5.41, 5.74) is 0.609. The lowest BCUT2D eigenvalue weighted by atomic mass is 10.1. The third kappa shape index (κ3) is 4.92. The molecule has 0 aliphatic heterocycles. The van der Waals surface area contributed by atoms with Gasteiger partial charge in [0, 0.05) is 40.7 Å². The number of halogens is 2. The molecule has 0 atom stereocenters. The first-order valence-corrected chi connectivity index (χ1v) is 10.5. The molecule has 8 nitrogen and oxygen atoms in total. The molecular weight excluding hydrogens is 506 g/mol. The molecule has 0 aliphatic carbocycles. The van der Waals surface area contributed by atoms with Crippen LogP contribution in [0.3, 0.4) is 0 Å². The van der Waals surface area contributed by atoms with Crippen LogP contribution in [-0.4, -0.2) is 44.1 Å². The second kappa shape index (κ2) is 8.46. The first-order valence-electron chi connectivity index (χ1n) is 7.47. The summed E-state index contributed by atoms with van der Waals surface area (Å²) in [6.07, 6.45) is 0. The van der Waals surface area contributed by atoms with Gasteiger partial charge in [0.15, 0.2) is 5.78 Å². The summed E-state index contributed by atoms with van der Waals surface area (Å²) in [5, 5.41) is 13.8. The number of anilines is 1. The lowest BCUT2D eigenvalue weighted by Crippen LogP contribution is -2.22. The largest absolute Gasteiger partial charge is 0.376 e. The number of non-ortho nitro benzene ring substituents is 1. The van der Waals surface area contributed by atoms with Crippen LogP contribution in [0.2, 0.25) is 0 Å².